The molecule has 1 N–H and O–H groups in total. The Balaban J connectivity index is 2.27. The van der Waals surface area contributed by atoms with Crippen LogP contribution in [0.5, 0.6) is 0 Å². The van der Waals surface area contributed by atoms with Gasteiger partial charge in [-0.1, -0.05) is 13.0 Å². The number of aromatic amines is 1. The highest BCUT2D eigenvalue weighted by Gasteiger charge is 2.31. The van der Waals surface area contributed by atoms with Gasteiger partial charge in [0.1, 0.15) is 0 Å². The highest BCUT2D eigenvalue weighted by molar-refractivity contribution is 5.95. The molecule has 4 heteroatoms. The van der Waals surface area contributed by atoms with E-state index in [1.807, 2.05) is 13.0 Å². The van der Waals surface area contributed by atoms with Gasteiger partial charge < -0.3 is 0 Å². The van der Waals surface area contributed by atoms with Crippen molar-refractivity contribution in [3.8, 4) is 0 Å². The fourth-order valence-electron chi connectivity index (χ4n) is 2.13. The molecule has 0 aromatic carbocycles. The highest BCUT2D eigenvalue weighted by atomic mass is 16.2. The molecule has 16 heavy (non-hydrogen) atoms. The summed E-state index contributed by atoms with van der Waals surface area (Å²) in [6.07, 6.45) is 3.31. The monoisotopic (exact) mass is 219 g/mol. The predicted molar refractivity (Wildman–Crippen MR) is 63.4 cm³/mol. The summed E-state index contributed by atoms with van der Waals surface area (Å²) in [5.41, 5.74) is 2.19. The summed E-state index contributed by atoms with van der Waals surface area (Å²) in [7, 11) is 0. The summed E-state index contributed by atoms with van der Waals surface area (Å²) in [4.78, 5) is 13.6. The second-order valence-corrected chi connectivity index (χ2v) is 4.21. The Labute approximate surface area is 95.3 Å². The molecule has 4 nitrogen and oxygen atoms in total. The van der Waals surface area contributed by atoms with Gasteiger partial charge in [-0.05, 0) is 13.3 Å². The molecule has 0 radical (unpaired) electrons. The lowest BCUT2D eigenvalue weighted by Gasteiger charge is -2.13. The molecule has 2 heterocycles. The maximum atomic E-state index is 11.8. The van der Waals surface area contributed by atoms with Crippen LogP contribution in [0.1, 0.15) is 24.6 Å². The number of carbonyl (C=O) groups is 1. The van der Waals surface area contributed by atoms with Crippen molar-refractivity contribution < 1.29 is 4.79 Å². The van der Waals surface area contributed by atoms with E-state index in [9.17, 15) is 4.79 Å². The molecule has 1 aliphatic heterocycles. The molecule has 1 aromatic rings. The minimum atomic E-state index is 0.141. The molecule has 0 spiro atoms. The number of hydrogen-bond donors (Lipinski definition) is 1. The van der Waals surface area contributed by atoms with Crippen LogP contribution in [0.15, 0.2) is 12.7 Å². The van der Waals surface area contributed by atoms with E-state index in [1.54, 1.807) is 4.90 Å². The zero-order valence-electron chi connectivity index (χ0n) is 9.79. The van der Waals surface area contributed by atoms with E-state index in [2.05, 4.69) is 23.7 Å². The topological polar surface area (TPSA) is 49.0 Å². The Hall–Kier alpha value is -1.58. The lowest BCUT2D eigenvalue weighted by Crippen LogP contribution is -2.25. The van der Waals surface area contributed by atoms with Gasteiger partial charge in [-0.25, -0.2) is 0 Å². The minimum Gasteiger partial charge on any atom is -0.294 e. The summed E-state index contributed by atoms with van der Waals surface area (Å²) in [5.74, 6) is 1.18. The summed E-state index contributed by atoms with van der Waals surface area (Å²) >= 11 is 0. The average Bonchev–Trinajstić information content (AvgIpc) is 2.81. The maximum Gasteiger partial charge on any atom is 0.228 e. The third kappa shape index (κ3) is 1.64. The van der Waals surface area contributed by atoms with Gasteiger partial charge in [0, 0.05) is 30.1 Å². The standard InChI is InChI=1S/C12H17N3O/c1-4-9-6-11(16)15(7-9)12-8(3)10(5-2)13-14-12/h4,9H,1,5-7H2,2-3H3,(H,13,14). The number of nitrogens with one attached hydrogen (secondary N) is 1. The Morgan fingerprint density at radius 3 is 2.94 bits per heavy atom. The number of H-pyrrole nitrogens is 1. The van der Waals surface area contributed by atoms with Crippen LogP contribution in [0.2, 0.25) is 0 Å². The molecule has 2 rings (SSSR count). The van der Waals surface area contributed by atoms with Gasteiger partial charge in [-0.15, -0.1) is 6.58 Å². The van der Waals surface area contributed by atoms with Crippen LogP contribution in [0.25, 0.3) is 0 Å². The van der Waals surface area contributed by atoms with Crippen LogP contribution < -0.4 is 4.90 Å². The first-order valence-corrected chi connectivity index (χ1v) is 5.64. The lowest BCUT2D eigenvalue weighted by molar-refractivity contribution is -0.117. The number of aromatic nitrogens is 2. The van der Waals surface area contributed by atoms with Crippen molar-refractivity contribution in [3.63, 3.8) is 0 Å². The first-order valence-electron chi connectivity index (χ1n) is 5.64. The van der Waals surface area contributed by atoms with E-state index >= 15 is 0 Å². The predicted octanol–water partition coefficient (Wildman–Crippen LogP) is 1.82. The smallest absolute Gasteiger partial charge is 0.228 e. The van der Waals surface area contributed by atoms with Gasteiger partial charge >= 0.3 is 0 Å². The Bertz CT molecular complexity index is 422. The van der Waals surface area contributed by atoms with Gasteiger partial charge in [0.25, 0.3) is 0 Å². The van der Waals surface area contributed by atoms with Gasteiger partial charge in [0.05, 0.1) is 0 Å². The molecule has 1 aromatic heterocycles. The van der Waals surface area contributed by atoms with Crippen molar-refractivity contribution in [2.45, 2.75) is 26.7 Å². The minimum absolute atomic E-state index is 0.141. The Morgan fingerprint density at radius 1 is 1.69 bits per heavy atom. The molecule has 0 aliphatic carbocycles. The van der Waals surface area contributed by atoms with Crippen LogP contribution in [0, 0.1) is 12.8 Å². The normalized spacial score (nSPS) is 20.5. The molecule has 86 valence electrons. The van der Waals surface area contributed by atoms with E-state index in [4.69, 9.17) is 0 Å². The summed E-state index contributed by atoms with van der Waals surface area (Å²) in [6, 6.07) is 0. The molecular weight excluding hydrogens is 202 g/mol. The third-order valence-electron chi connectivity index (χ3n) is 3.18. The van der Waals surface area contributed by atoms with Crippen molar-refractivity contribution in [2.24, 2.45) is 5.92 Å². The molecule has 1 unspecified atom stereocenters. The summed E-state index contributed by atoms with van der Waals surface area (Å²) < 4.78 is 0. The second kappa shape index (κ2) is 4.12. The third-order valence-corrected chi connectivity index (χ3v) is 3.18. The van der Waals surface area contributed by atoms with Gasteiger partial charge in [0.2, 0.25) is 5.91 Å². The first kappa shape index (κ1) is 10.9. The summed E-state index contributed by atoms with van der Waals surface area (Å²) in [6.45, 7) is 8.53. The average molecular weight is 219 g/mol. The molecule has 0 bridgehead atoms. The van der Waals surface area contributed by atoms with E-state index < -0.39 is 0 Å². The number of carbonyl (C=O) groups excluding carboxylic acids is 1. The van der Waals surface area contributed by atoms with Crippen LogP contribution in [-0.4, -0.2) is 22.6 Å². The lowest BCUT2D eigenvalue weighted by atomic mass is 10.1. The maximum absolute atomic E-state index is 11.8. The summed E-state index contributed by atoms with van der Waals surface area (Å²) in [5, 5.41) is 7.22. The number of hydrogen-bond acceptors (Lipinski definition) is 2. The van der Waals surface area contributed by atoms with E-state index in [0.717, 1.165) is 23.5 Å². The Morgan fingerprint density at radius 2 is 2.44 bits per heavy atom. The van der Waals surface area contributed by atoms with Crippen LogP contribution in [0.4, 0.5) is 5.82 Å². The van der Waals surface area contributed by atoms with Crippen molar-refractivity contribution in [1.82, 2.24) is 10.2 Å². The highest BCUT2D eigenvalue weighted by Crippen LogP contribution is 2.27. The van der Waals surface area contributed by atoms with Crippen molar-refractivity contribution >= 4 is 11.7 Å². The molecule has 1 amide bonds. The van der Waals surface area contributed by atoms with Gasteiger partial charge in [-0.3, -0.25) is 14.8 Å². The first-order chi connectivity index (χ1) is 7.67. The van der Waals surface area contributed by atoms with E-state index in [0.29, 0.717) is 13.0 Å². The largest absolute Gasteiger partial charge is 0.294 e. The Kier molecular flexibility index (Phi) is 2.81. The molecule has 1 aliphatic rings. The van der Waals surface area contributed by atoms with E-state index in [-0.39, 0.29) is 11.8 Å². The van der Waals surface area contributed by atoms with Gasteiger partial charge in [-0.2, -0.15) is 5.10 Å². The second-order valence-electron chi connectivity index (χ2n) is 4.21. The van der Waals surface area contributed by atoms with Crippen molar-refractivity contribution in [2.75, 3.05) is 11.4 Å². The molecule has 1 atom stereocenters. The van der Waals surface area contributed by atoms with Gasteiger partial charge in [0.15, 0.2) is 5.82 Å². The molecular formula is C12H17N3O. The van der Waals surface area contributed by atoms with Crippen molar-refractivity contribution in [3.05, 3.63) is 23.9 Å². The quantitative estimate of drug-likeness (QED) is 0.788. The number of rotatable bonds is 3. The van der Waals surface area contributed by atoms with Crippen LogP contribution >= 0.6 is 0 Å². The SMILES string of the molecule is C=CC1CC(=O)N(c2n[nH]c(CC)c2C)C1. The molecule has 0 saturated carbocycles. The van der Waals surface area contributed by atoms with Crippen LogP contribution in [0.3, 0.4) is 0 Å². The molecule has 1 fully saturated rings. The number of aryl methyl sites for hydroxylation is 1. The van der Waals surface area contributed by atoms with Crippen molar-refractivity contribution in [1.29, 1.82) is 0 Å². The molecule has 1 saturated heterocycles. The number of nitrogens with zero attached hydrogens (tertiary/aromatic N) is 2. The van der Waals surface area contributed by atoms with Crippen LogP contribution in [-0.2, 0) is 11.2 Å². The zero-order valence-corrected chi connectivity index (χ0v) is 9.79. The fourth-order valence-corrected chi connectivity index (χ4v) is 2.13. The fraction of sp³-hybridized carbons (Fsp3) is 0.500. The van der Waals surface area contributed by atoms with E-state index in [1.165, 1.54) is 0 Å². The number of amides is 1. The zero-order chi connectivity index (χ0) is 11.7. The number of anilines is 1.